The molecule has 130 valence electrons. The lowest BCUT2D eigenvalue weighted by Crippen LogP contribution is -2.45. The second-order valence-electron chi connectivity index (χ2n) is 6.51. The summed E-state index contributed by atoms with van der Waals surface area (Å²) in [5.74, 6) is 0.584. The second kappa shape index (κ2) is 9.26. The molecule has 2 rings (SSSR count). The van der Waals surface area contributed by atoms with Gasteiger partial charge in [0.25, 0.3) is 0 Å². The number of piperidine rings is 1. The Morgan fingerprint density at radius 2 is 2.22 bits per heavy atom. The molecule has 1 aromatic rings. The normalized spacial score (nSPS) is 19.7. The molecule has 1 aliphatic rings. The minimum atomic E-state index is 0. The van der Waals surface area contributed by atoms with Crippen LogP contribution in [0.25, 0.3) is 0 Å². The van der Waals surface area contributed by atoms with Crippen LogP contribution in [0.4, 0.5) is 5.69 Å². The third kappa shape index (κ3) is 5.48. The molecule has 0 spiro atoms. The van der Waals surface area contributed by atoms with Gasteiger partial charge in [0.15, 0.2) is 0 Å². The van der Waals surface area contributed by atoms with E-state index in [9.17, 15) is 4.79 Å². The van der Waals surface area contributed by atoms with Gasteiger partial charge in [-0.3, -0.25) is 9.69 Å². The van der Waals surface area contributed by atoms with Crippen molar-refractivity contribution in [2.45, 2.75) is 46.1 Å². The zero-order valence-electron chi connectivity index (χ0n) is 14.5. The fourth-order valence-corrected chi connectivity index (χ4v) is 3.25. The van der Waals surface area contributed by atoms with Gasteiger partial charge in [-0.05, 0) is 56.7 Å². The number of hydrogen-bond acceptors (Lipinski definition) is 3. The largest absolute Gasteiger partial charge is 0.328 e. The number of benzene rings is 1. The minimum Gasteiger partial charge on any atom is -0.328 e. The van der Waals surface area contributed by atoms with Crippen molar-refractivity contribution >= 4 is 24.0 Å². The topological polar surface area (TPSA) is 58.4 Å². The first-order valence-electron chi connectivity index (χ1n) is 8.37. The first kappa shape index (κ1) is 19.9. The van der Waals surface area contributed by atoms with Crippen LogP contribution < -0.4 is 11.1 Å². The van der Waals surface area contributed by atoms with E-state index in [2.05, 4.69) is 30.1 Å². The molecule has 4 nitrogen and oxygen atoms in total. The number of likely N-dealkylation sites (tertiary alicyclic amines) is 1. The monoisotopic (exact) mass is 339 g/mol. The van der Waals surface area contributed by atoms with E-state index >= 15 is 0 Å². The summed E-state index contributed by atoms with van der Waals surface area (Å²) in [5.41, 5.74) is 9.32. The number of nitrogens with one attached hydrogen (secondary N) is 1. The number of carbonyl (C=O) groups is 1. The Morgan fingerprint density at radius 3 is 2.87 bits per heavy atom. The number of carbonyl (C=O) groups excluding carboxylic acids is 1. The molecular weight excluding hydrogens is 310 g/mol. The maximum atomic E-state index is 12.4. The van der Waals surface area contributed by atoms with E-state index in [0.29, 0.717) is 12.5 Å². The molecule has 2 atom stereocenters. The molecule has 1 aliphatic heterocycles. The van der Waals surface area contributed by atoms with Crippen molar-refractivity contribution in [1.29, 1.82) is 0 Å². The van der Waals surface area contributed by atoms with Crippen molar-refractivity contribution in [2.24, 2.45) is 11.7 Å². The number of amides is 1. The molecule has 1 heterocycles. The molecule has 1 fully saturated rings. The van der Waals surface area contributed by atoms with E-state index in [-0.39, 0.29) is 24.4 Å². The van der Waals surface area contributed by atoms with E-state index in [1.54, 1.807) is 0 Å². The SMILES string of the molecule is CCc1cccc(C)c1NC(=O)CN1CCCC(C(C)N)C1.Cl. The highest BCUT2D eigenvalue weighted by Crippen LogP contribution is 2.22. The fourth-order valence-electron chi connectivity index (χ4n) is 3.25. The molecule has 0 saturated carbocycles. The van der Waals surface area contributed by atoms with Crippen LogP contribution in [0.3, 0.4) is 0 Å². The van der Waals surface area contributed by atoms with Crippen molar-refractivity contribution < 1.29 is 4.79 Å². The highest BCUT2D eigenvalue weighted by atomic mass is 35.5. The van der Waals surface area contributed by atoms with Crippen LogP contribution in [0.15, 0.2) is 18.2 Å². The Labute approximate surface area is 146 Å². The molecule has 0 aromatic heterocycles. The van der Waals surface area contributed by atoms with E-state index in [1.807, 2.05) is 19.1 Å². The van der Waals surface area contributed by atoms with Gasteiger partial charge in [0.05, 0.1) is 6.54 Å². The van der Waals surface area contributed by atoms with Crippen molar-refractivity contribution in [2.75, 3.05) is 25.0 Å². The summed E-state index contributed by atoms with van der Waals surface area (Å²) in [4.78, 5) is 14.6. The van der Waals surface area contributed by atoms with Crippen molar-refractivity contribution in [3.05, 3.63) is 29.3 Å². The van der Waals surface area contributed by atoms with E-state index in [1.165, 1.54) is 12.0 Å². The number of anilines is 1. The van der Waals surface area contributed by atoms with Gasteiger partial charge >= 0.3 is 0 Å². The summed E-state index contributed by atoms with van der Waals surface area (Å²) in [5, 5.41) is 3.11. The van der Waals surface area contributed by atoms with Crippen LogP contribution >= 0.6 is 12.4 Å². The fraction of sp³-hybridized carbons (Fsp3) is 0.611. The van der Waals surface area contributed by atoms with E-state index in [4.69, 9.17) is 5.73 Å². The third-order valence-electron chi connectivity index (χ3n) is 4.66. The van der Waals surface area contributed by atoms with Gasteiger partial charge in [-0.1, -0.05) is 25.1 Å². The average Bonchev–Trinajstić information content (AvgIpc) is 2.49. The summed E-state index contributed by atoms with van der Waals surface area (Å²) in [7, 11) is 0. The summed E-state index contributed by atoms with van der Waals surface area (Å²) in [6.07, 6.45) is 3.23. The van der Waals surface area contributed by atoms with Gasteiger partial charge in [-0.25, -0.2) is 0 Å². The first-order valence-corrected chi connectivity index (χ1v) is 8.37. The standard InChI is InChI=1S/C18H29N3O.ClH/c1-4-15-8-5-7-13(2)18(15)20-17(22)12-21-10-6-9-16(11-21)14(3)19;/h5,7-8,14,16H,4,6,9-12,19H2,1-3H3,(H,20,22);1H. The Bertz CT molecular complexity index is 519. The number of para-hydroxylation sites is 1. The molecular formula is C18H30ClN3O. The maximum absolute atomic E-state index is 12.4. The van der Waals surface area contributed by atoms with Gasteiger partial charge in [0.1, 0.15) is 0 Å². The Hall–Kier alpha value is -1.10. The van der Waals surface area contributed by atoms with Crippen LogP contribution in [0.5, 0.6) is 0 Å². The summed E-state index contributed by atoms with van der Waals surface area (Å²) in [6, 6.07) is 6.37. The summed E-state index contributed by atoms with van der Waals surface area (Å²) >= 11 is 0. The molecule has 3 N–H and O–H groups in total. The third-order valence-corrected chi connectivity index (χ3v) is 4.66. The number of nitrogens with two attached hydrogens (primary N) is 1. The second-order valence-corrected chi connectivity index (χ2v) is 6.51. The van der Waals surface area contributed by atoms with Crippen LogP contribution in [-0.4, -0.2) is 36.5 Å². The Kier molecular flexibility index (Phi) is 8.03. The lowest BCUT2D eigenvalue weighted by Gasteiger charge is -2.34. The number of halogens is 1. The van der Waals surface area contributed by atoms with Crippen LogP contribution in [0.2, 0.25) is 0 Å². The highest BCUT2D eigenvalue weighted by molar-refractivity contribution is 5.93. The lowest BCUT2D eigenvalue weighted by atomic mass is 9.92. The number of aryl methyl sites for hydroxylation is 2. The van der Waals surface area contributed by atoms with E-state index in [0.717, 1.165) is 37.2 Å². The maximum Gasteiger partial charge on any atom is 0.238 e. The molecule has 0 bridgehead atoms. The predicted octanol–water partition coefficient (Wildman–Crippen LogP) is 2.98. The zero-order chi connectivity index (χ0) is 16.1. The summed E-state index contributed by atoms with van der Waals surface area (Å²) < 4.78 is 0. The molecule has 1 aromatic carbocycles. The van der Waals surface area contributed by atoms with Gasteiger partial charge in [0, 0.05) is 18.3 Å². The van der Waals surface area contributed by atoms with Crippen LogP contribution in [-0.2, 0) is 11.2 Å². The Balaban J connectivity index is 0.00000264. The van der Waals surface area contributed by atoms with E-state index < -0.39 is 0 Å². The molecule has 2 unspecified atom stereocenters. The quantitative estimate of drug-likeness (QED) is 0.867. The lowest BCUT2D eigenvalue weighted by molar-refractivity contribution is -0.117. The Morgan fingerprint density at radius 1 is 1.48 bits per heavy atom. The smallest absolute Gasteiger partial charge is 0.238 e. The van der Waals surface area contributed by atoms with Crippen molar-refractivity contribution in [3.8, 4) is 0 Å². The molecule has 5 heteroatoms. The molecule has 1 saturated heterocycles. The molecule has 1 amide bonds. The number of nitrogens with zero attached hydrogens (tertiary/aromatic N) is 1. The molecule has 0 aliphatic carbocycles. The van der Waals surface area contributed by atoms with Crippen LogP contribution in [0.1, 0.15) is 37.8 Å². The van der Waals surface area contributed by atoms with Crippen molar-refractivity contribution in [3.63, 3.8) is 0 Å². The molecule has 0 radical (unpaired) electrons. The highest BCUT2D eigenvalue weighted by Gasteiger charge is 2.24. The predicted molar refractivity (Wildman–Crippen MR) is 99.2 cm³/mol. The first-order chi connectivity index (χ1) is 10.5. The minimum absolute atomic E-state index is 0. The number of hydrogen-bond donors (Lipinski definition) is 2. The van der Waals surface area contributed by atoms with Gasteiger partial charge in [-0.2, -0.15) is 0 Å². The van der Waals surface area contributed by atoms with Crippen molar-refractivity contribution in [1.82, 2.24) is 4.90 Å². The number of rotatable bonds is 5. The van der Waals surface area contributed by atoms with Crippen LogP contribution in [0, 0.1) is 12.8 Å². The zero-order valence-corrected chi connectivity index (χ0v) is 15.3. The molecule has 23 heavy (non-hydrogen) atoms. The van der Waals surface area contributed by atoms with Gasteiger partial charge < -0.3 is 11.1 Å². The summed E-state index contributed by atoms with van der Waals surface area (Å²) in [6.45, 7) is 8.60. The van der Waals surface area contributed by atoms with Gasteiger partial charge in [-0.15, -0.1) is 12.4 Å². The van der Waals surface area contributed by atoms with Gasteiger partial charge in [0.2, 0.25) is 5.91 Å². The average molecular weight is 340 g/mol.